The van der Waals surface area contributed by atoms with E-state index in [4.69, 9.17) is 9.15 Å². The van der Waals surface area contributed by atoms with Gasteiger partial charge in [0.25, 0.3) is 0 Å². The fraction of sp³-hybridized carbons (Fsp3) is 0.0909. The lowest BCUT2D eigenvalue weighted by atomic mass is 10.2. The Balaban J connectivity index is 1.40. The largest absolute Gasteiger partial charge is 0.436 e. The number of rotatable bonds is 6. The second-order valence-corrected chi connectivity index (χ2v) is 6.23. The predicted molar refractivity (Wildman–Crippen MR) is 104 cm³/mol. The zero-order valence-corrected chi connectivity index (χ0v) is 14.9. The molecule has 28 heavy (non-hydrogen) atoms. The van der Waals surface area contributed by atoms with Crippen LogP contribution in [0.1, 0.15) is 5.56 Å². The van der Waals surface area contributed by atoms with Crippen molar-refractivity contribution < 1.29 is 18.3 Å². The number of hydrogen-bond acceptors (Lipinski definition) is 4. The van der Waals surface area contributed by atoms with Gasteiger partial charge in [-0.25, -0.2) is 9.37 Å². The molecule has 0 aliphatic rings. The normalized spacial score (nSPS) is 10.9. The number of amides is 1. The number of ether oxygens (including phenoxy) is 1. The Morgan fingerprint density at radius 1 is 1.04 bits per heavy atom. The Hall–Kier alpha value is -3.51. The highest BCUT2D eigenvalue weighted by atomic mass is 19.1. The molecule has 5 nitrogen and oxygen atoms in total. The van der Waals surface area contributed by atoms with Crippen LogP contribution < -0.4 is 5.32 Å². The van der Waals surface area contributed by atoms with Gasteiger partial charge in [-0.2, -0.15) is 0 Å². The Morgan fingerprint density at radius 3 is 2.61 bits per heavy atom. The van der Waals surface area contributed by atoms with E-state index in [1.807, 2.05) is 30.3 Å². The fourth-order valence-electron chi connectivity index (χ4n) is 2.75. The third kappa shape index (κ3) is 4.24. The maximum Gasteiger partial charge on any atom is 0.250 e. The predicted octanol–water partition coefficient (Wildman–Crippen LogP) is 4.79. The fourth-order valence-corrected chi connectivity index (χ4v) is 2.75. The Bertz CT molecular complexity index is 1090. The molecule has 0 aliphatic carbocycles. The van der Waals surface area contributed by atoms with Crippen molar-refractivity contribution in [1.29, 1.82) is 0 Å². The first kappa shape index (κ1) is 17.9. The zero-order chi connectivity index (χ0) is 19.3. The molecule has 0 bridgehead atoms. The van der Waals surface area contributed by atoms with Crippen LogP contribution in [-0.4, -0.2) is 17.5 Å². The van der Waals surface area contributed by atoms with Gasteiger partial charge in [0.15, 0.2) is 5.58 Å². The SMILES string of the molecule is O=C(COCc1ccccc1)Nc1ccc2oc(-c3ccc(F)cc3)nc2c1. The molecule has 0 radical (unpaired) electrons. The second kappa shape index (κ2) is 8.02. The highest BCUT2D eigenvalue weighted by molar-refractivity contribution is 5.93. The van der Waals surface area contributed by atoms with Gasteiger partial charge in [0.05, 0.1) is 6.61 Å². The summed E-state index contributed by atoms with van der Waals surface area (Å²) in [5, 5.41) is 2.78. The minimum Gasteiger partial charge on any atom is -0.436 e. The van der Waals surface area contributed by atoms with E-state index in [-0.39, 0.29) is 18.3 Å². The molecular weight excluding hydrogens is 359 g/mol. The van der Waals surface area contributed by atoms with Gasteiger partial charge in [0.2, 0.25) is 11.8 Å². The van der Waals surface area contributed by atoms with Gasteiger partial charge in [-0.1, -0.05) is 30.3 Å². The summed E-state index contributed by atoms with van der Waals surface area (Å²) in [5.41, 5.74) is 3.46. The highest BCUT2D eigenvalue weighted by Crippen LogP contribution is 2.26. The molecule has 0 atom stereocenters. The van der Waals surface area contributed by atoms with E-state index in [1.165, 1.54) is 12.1 Å². The van der Waals surface area contributed by atoms with E-state index in [1.54, 1.807) is 30.3 Å². The number of fused-ring (bicyclic) bond motifs is 1. The minimum absolute atomic E-state index is 0.0490. The standard InChI is InChI=1S/C22H17FN2O3/c23-17-8-6-16(7-9-17)22-25-19-12-18(10-11-20(19)28-22)24-21(26)14-27-13-15-4-2-1-3-5-15/h1-12H,13-14H2,(H,24,26). The van der Waals surface area contributed by atoms with Crippen LogP contribution in [0.25, 0.3) is 22.6 Å². The second-order valence-electron chi connectivity index (χ2n) is 6.23. The number of benzene rings is 3. The first-order valence-corrected chi connectivity index (χ1v) is 8.75. The molecule has 6 heteroatoms. The molecular formula is C22H17FN2O3. The topological polar surface area (TPSA) is 64.4 Å². The van der Waals surface area contributed by atoms with Crippen LogP contribution >= 0.6 is 0 Å². The van der Waals surface area contributed by atoms with Gasteiger partial charge in [0.1, 0.15) is 17.9 Å². The van der Waals surface area contributed by atoms with Crippen LogP contribution in [0.3, 0.4) is 0 Å². The minimum atomic E-state index is -0.320. The number of halogens is 1. The van der Waals surface area contributed by atoms with Gasteiger partial charge in [-0.15, -0.1) is 0 Å². The number of nitrogens with zero attached hydrogens (tertiary/aromatic N) is 1. The van der Waals surface area contributed by atoms with Gasteiger partial charge in [-0.05, 0) is 48.0 Å². The molecule has 1 heterocycles. The van der Waals surface area contributed by atoms with Crippen molar-refractivity contribution in [3.05, 3.63) is 84.2 Å². The summed E-state index contributed by atoms with van der Waals surface area (Å²) in [6.45, 7) is 0.324. The van der Waals surface area contributed by atoms with E-state index in [0.29, 0.717) is 34.8 Å². The van der Waals surface area contributed by atoms with Crippen LogP contribution in [0.4, 0.5) is 10.1 Å². The number of oxazole rings is 1. The van der Waals surface area contributed by atoms with E-state index >= 15 is 0 Å². The monoisotopic (exact) mass is 376 g/mol. The zero-order valence-electron chi connectivity index (χ0n) is 14.9. The third-order valence-electron chi connectivity index (χ3n) is 4.11. The number of nitrogens with one attached hydrogen (secondary N) is 1. The molecule has 3 aromatic carbocycles. The smallest absolute Gasteiger partial charge is 0.250 e. The van der Waals surface area contributed by atoms with Gasteiger partial charge < -0.3 is 14.5 Å². The molecule has 140 valence electrons. The van der Waals surface area contributed by atoms with Crippen molar-refractivity contribution in [1.82, 2.24) is 4.98 Å². The molecule has 0 aliphatic heterocycles. The lowest BCUT2D eigenvalue weighted by Crippen LogP contribution is -2.18. The number of carbonyl (C=O) groups is 1. The van der Waals surface area contributed by atoms with E-state index in [0.717, 1.165) is 5.56 Å². The maximum absolute atomic E-state index is 13.1. The van der Waals surface area contributed by atoms with E-state index in [9.17, 15) is 9.18 Å². The highest BCUT2D eigenvalue weighted by Gasteiger charge is 2.10. The summed E-state index contributed by atoms with van der Waals surface area (Å²) < 4.78 is 24.2. The first-order valence-electron chi connectivity index (χ1n) is 8.75. The van der Waals surface area contributed by atoms with Crippen LogP contribution in [0.2, 0.25) is 0 Å². The maximum atomic E-state index is 13.1. The molecule has 1 aromatic heterocycles. The number of aromatic nitrogens is 1. The number of anilines is 1. The lowest BCUT2D eigenvalue weighted by Gasteiger charge is -2.06. The van der Waals surface area contributed by atoms with Crippen molar-refractivity contribution >= 4 is 22.7 Å². The molecule has 4 aromatic rings. The van der Waals surface area contributed by atoms with Crippen LogP contribution in [0, 0.1) is 5.82 Å². The molecule has 1 N–H and O–H groups in total. The summed E-state index contributed by atoms with van der Waals surface area (Å²) in [6, 6.07) is 20.8. The molecule has 0 saturated heterocycles. The molecule has 0 unspecified atom stereocenters. The van der Waals surface area contributed by atoms with Crippen molar-refractivity contribution in [2.24, 2.45) is 0 Å². The van der Waals surface area contributed by atoms with E-state index in [2.05, 4.69) is 10.3 Å². The van der Waals surface area contributed by atoms with Gasteiger partial charge in [-0.3, -0.25) is 4.79 Å². The van der Waals surface area contributed by atoms with Crippen molar-refractivity contribution in [3.8, 4) is 11.5 Å². The molecule has 4 rings (SSSR count). The lowest BCUT2D eigenvalue weighted by molar-refractivity contribution is -0.121. The Morgan fingerprint density at radius 2 is 1.82 bits per heavy atom. The third-order valence-corrected chi connectivity index (χ3v) is 4.11. The Kier molecular flexibility index (Phi) is 5.12. The summed E-state index contributed by atoms with van der Waals surface area (Å²) in [4.78, 5) is 16.5. The van der Waals surface area contributed by atoms with E-state index < -0.39 is 0 Å². The number of hydrogen-bond donors (Lipinski definition) is 1. The summed E-state index contributed by atoms with van der Waals surface area (Å²) in [5.74, 6) is -0.179. The van der Waals surface area contributed by atoms with Gasteiger partial charge >= 0.3 is 0 Å². The molecule has 0 spiro atoms. The van der Waals surface area contributed by atoms with Crippen molar-refractivity contribution in [2.75, 3.05) is 11.9 Å². The summed E-state index contributed by atoms with van der Waals surface area (Å²) in [6.07, 6.45) is 0. The number of carbonyl (C=O) groups excluding carboxylic acids is 1. The first-order chi connectivity index (χ1) is 13.7. The molecule has 1 amide bonds. The summed E-state index contributed by atoms with van der Waals surface area (Å²) in [7, 11) is 0. The Labute approximate surface area is 160 Å². The van der Waals surface area contributed by atoms with Crippen molar-refractivity contribution in [2.45, 2.75) is 6.61 Å². The average Bonchev–Trinajstić information content (AvgIpc) is 3.13. The molecule has 0 saturated carbocycles. The average molecular weight is 376 g/mol. The molecule has 0 fully saturated rings. The van der Waals surface area contributed by atoms with Crippen LogP contribution in [0.15, 0.2) is 77.2 Å². The van der Waals surface area contributed by atoms with Gasteiger partial charge in [0, 0.05) is 11.3 Å². The van der Waals surface area contributed by atoms with Crippen molar-refractivity contribution in [3.63, 3.8) is 0 Å². The van der Waals surface area contributed by atoms with Crippen LogP contribution in [0.5, 0.6) is 0 Å². The summed E-state index contributed by atoms with van der Waals surface area (Å²) >= 11 is 0. The quantitative estimate of drug-likeness (QED) is 0.526. The van der Waals surface area contributed by atoms with Crippen LogP contribution in [-0.2, 0) is 16.1 Å².